The monoisotopic (exact) mass is 354 g/mol. The second-order valence-corrected chi connectivity index (χ2v) is 7.47. The average molecular weight is 356 g/mol. The smallest absolute Gasteiger partial charge is 0.252 e. The van der Waals surface area contributed by atoms with Gasteiger partial charge in [0.25, 0.3) is 5.91 Å². The van der Waals surface area contributed by atoms with Crippen LogP contribution < -0.4 is 5.32 Å². The van der Waals surface area contributed by atoms with Gasteiger partial charge in [-0.25, -0.2) is 0 Å². The first kappa shape index (κ1) is 16.2. The first-order chi connectivity index (χ1) is 9.38. The molecule has 1 aromatic rings. The molecule has 7 heteroatoms. The summed E-state index contributed by atoms with van der Waals surface area (Å²) in [4.78, 5) is 14.2. The molecule has 0 unspecified atom stereocenters. The molecule has 1 saturated heterocycles. The zero-order chi connectivity index (χ0) is 14.8. The standard InChI is InChI=1S/C13H14Cl4N2O/c14-10-5-3-9(4-6-10)11(20)18-12(13(15,16)17)19-7-1-2-8-19/h3-6,12H,1-2,7-8H2,(H,18,20)/t12-/m1/s1. The molecule has 1 fully saturated rings. The van der Waals surface area contributed by atoms with E-state index in [1.165, 1.54) is 0 Å². The van der Waals surface area contributed by atoms with Gasteiger partial charge in [-0.15, -0.1) is 0 Å². The highest BCUT2D eigenvalue weighted by Gasteiger charge is 2.39. The first-order valence-electron chi connectivity index (χ1n) is 6.25. The Labute approximate surface area is 138 Å². The van der Waals surface area contributed by atoms with Crippen LogP contribution in [0.3, 0.4) is 0 Å². The molecule has 1 N–H and O–H groups in total. The van der Waals surface area contributed by atoms with Crippen molar-refractivity contribution in [2.45, 2.75) is 22.8 Å². The van der Waals surface area contributed by atoms with Crippen molar-refractivity contribution in [3.8, 4) is 0 Å². The molecule has 110 valence electrons. The lowest BCUT2D eigenvalue weighted by Gasteiger charge is -2.33. The number of benzene rings is 1. The van der Waals surface area contributed by atoms with E-state index in [-0.39, 0.29) is 5.91 Å². The largest absolute Gasteiger partial charge is 0.332 e. The Morgan fingerprint density at radius 1 is 1.15 bits per heavy atom. The molecule has 0 saturated carbocycles. The minimum atomic E-state index is -1.58. The Kier molecular flexibility index (Phi) is 5.43. The summed E-state index contributed by atoms with van der Waals surface area (Å²) >= 11 is 23.8. The average Bonchev–Trinajstić information content (AvgIpc) is 2.88. The number of carbonyl (C=O) groups excluding carboxylic acids is 1. The van der Waals surface area contributed by atoms with Crippen LogP contribution in [-0.2, 0) is 0 Å². The molecule has 20 heavy (non-hydrogen) atoms. The minimum absolute atomic E-state index is 0.287. The van der Waals surface area contributed by atoms with Gasteiger partial charge in [-0.1, -0.05) is 46.4 Å². The fourth-order valence-electron chi connectivity index (χ4n) is 2.19. The van der Waals surface area contributed by atoms with Gasteiger partial charge in [0.1, 0.15) is 6.17 Å². The lowest BCUT2D eigenvalue weighted by molar-refractivity contribution is 0.0874. The number of hydrogen-bond donors (Lipinski definition) is 1. The number of halogens is 4. The number of alkyl halides is 3. The highest BCUT2D eigenvalue weighted by molar-refractivity contribution is 6.68. The summed E-state index contributed by atoms with van der Waals surface area (Å²) in [5.74, 6) is -0.287. The molecular weight excluding hydrogens is 342 g/mol. The predicted octanol–water partition coefficient (Wildman–Crippen LogP) is 3.86. The van der Waals surface area contributed by atoms with Crippen molar-refractivity contribution >= 4 is 52.3 Å². The van der Waals surface area contributed by atoms with E-state index in [4.69, 9.17) is 46.4 Å². The van der Waals surface area contributed by atoms with Gasteiger partial charge >= 0.3 is 0 Å². The lowest BCUT2D eigenvalue weighted by Crippen LogP contribution is -2.54. The van der Waals surface area contributed by atoms with Gasteiger partial charge in [-0.3, -0.25) is 9.69 Å². The topological polar surface area (TPSA) is 32.3 Å². The summed E-state index contributed by atoms with van der Waals surface area (Å²) in [6, 6.07) is 6.57. The van der Waals surface area contributed by atoms with E-state index in [9.17, 15) is 4.79 Å². The normalized spacial score (nSPS) is 18.0. The highest BCUT2D eigenvalue weighted by atomic mass is 35.6. The van der Waals surface area contributed by atoms with Crippen LogP contribution in [0.25, 0.3) is 0 Å². The second-order valence-electron chi connectivity index (χ2n) is 4.67. The third-order valence-electron chi connectivity index (χ3n) is 3.19. The van der Waals surface area contributed by atoms with E-state index in [0.717, 1.165) is 25.9 Å². The maximum atomic E-state index is 12.2. The fraction of sp³-hybridized carbons (Fsp3) is 0.462. The van der Waals surface area contributed by atoms with Crippen LogP contribution in [0.5, 0.6) is 0 Å². The van der Waals surface area contributed by atoms with Crippen LogP contribution in [0.2, 0.25) is 5.02 Å². The number of likely N-dealkylation sites (tertiary alicyclic amines) is 1. The van der Waals surface area contributed by atoms with E-state index in [1.54, 1.807) is 24.3 Å². The molecule has 1 amide bonds. The number of hydrogen-bond acceptors (Lipinski definition) is 2. The van der Waals surface area contributed by atoms with Gasteiger partial charge in [-0.2, -0.15) is 0 Å². The number of nitrogens with one attached hydrogen (secondary N) is 1. The SMILES string of the molecule is O=C(N[C@H](N1CCCC1)C(Cl)(Cl)Cl)c1ccc(Cl)cc1. The second kappa shape index (κ2) is 6.71. The van der Waals surface area contributed by atoms with Crippen molar-refractivity contribution in [1.29, 1.82) is 0 Å². The summed E-state index contributed by atoms with van der Waals surface area (Å²) in [6.45, 7) is 1.61. The van der Waals surface area contributed by atoms with Crippen molar-refractivity contribution in [2.75, 3.05) is 13.1 Å². The molecule has 3 nitrogen and oxygen atoms in total. The number of amides is 1. The van der Waals surface area contributed by atoms with Crippen molar-refractivity contribution in [3.05, 3.63) is 34.9 Å². The summed E-state index contributed by atoms with van der Waals surface area (Å²) in [5.41, 5.74) is 0.479. The zero-order valence-corrected chi connectivity index (χ0v) is 13.6. The van der Waals surface area contributed by atoms with Gasteiger partial charge in [0.15, 0.2) is 0 Å². The zero-order valence-electron chi connectivity index (χ0n) is 10.6. The molecule has 0 aromatic heterocycles. The third-order valence-corrected chi connectivity index (χ3v) is 4.06. The van der Waals surface area contributed by atoms with Crippen LogP contribution in [0, 0.1) is 0 Å². The van der Waals surface area contributed by atoms with E-state index >= 15 is 0 Å². The Morgan fingerprint density at radius 2 is 1.70 bits per heavy atom. The van der Waals surface area contributed by atoms with E-state index in [0.29, 0.717) is 10.6 Å². The number of nitrogens with zero attached hydrogens (tertiary/aromatic N) is 1. The molecule has 0 aliphatic carbocycles. The highest BCUT2D eigenvalue weighted by Crippen LogP contribution is 2.33. The summed E-state index contributed by atoms with van der Waals surface area (Å²) in [6.07, 6.45) is 1.43. The first-order valence-corrected chi connectivity index (χ1v) is 7.76. The summed E-state index contributed by atoms with van der Waals surface area (Å²) < 4.78 is -1.58. The molecule has 2 rings (SSSR count). The molecule has 0 radical (unpaired) electrons. The molecule has 1 aliphatic heterocycles. The maximum Gasteiger partial charge on any atom is 0.252 e. The Hall–Kier alpha value is -0.190. The predicted molar refractivity (Wildman–Crippen MR) is 83.8 cm³/mol. The van der Waals surface area contributed by atoms with Crippen LogP contribution in [0.1, 0.15) is 23.2 Å². The molecular formula is C13H14Cl4N2O. The molecule has 0 spiro atoms. The summed E-state index contributed by atoms with van der Waals surface area (Å²) in [7, 11) is 0. The van der Waals surface area contributed by atoms with Gasteiger partial charge in [-0.05, 0) is 37.1 Å². The Bertz CT molecular complexity index is 466. The molecule has 1 aromatic carbocycles. The Balaban J connectivity index is 2.11. The molecule has 0 bridgehead atoms. The minimum Gasteiger partial charge on any atom is -0.332 e. The fourth-order valence-corrected chi connectivity index (χ4v) is 2.89. The number of rotatable bonds is 3. The van der Waals surface area contributed by atoms with E-state index < -0.39 is 9.96 Å². The Morgan fingerprint density at radius 3 is 2.20 bits per heavy atom. The van der Waals surface area contributed by atoms with Crippen molar-refractivity contribution < 1.29 is 4.79 Å². The third kappa shape index (κ3) is 4.15. The van der Waals surface area contributed by atoms with E-state index in [2.05, 4.69) is 5.32 Å². The van der Waals surface area contributed by atoms with Gasteiger partial charge in [0, 0.05) is 23.7 Å². The molecule has 1 aliphatic rings. The quantitative estimate of drug-likeness (QED) is 0.835. The van der Waals surface area contributed by atoms with Gasteiger partial charge in [0.05, 0.1) is 0 Å². The number of carbonyl (C=O) groups is 1. The van der Waals surface area contributed by atoms with Gasteiger partial charge < -0.3 is 5.32 Å². The van der Waals surface area contributed by atoms with Crippen LogP contribution in [0.4, 0.5) is 0 Å². The molecule has 1 heterocycles. The van der Waals surface area contributed by atoms with Gasteiger partial charge in [0.2, 0.25) is 3.79 Å². The van der Waals surface area contributed by atoms with Crippen molar-refractivity contribution in [1.82, 2.24) is 10.2 Å². The van der Waals surface area contributed by atoms with Crippen LogP contribution in [0.15, 0.2) is 24.3 Å². The van der Waals surface area contributed by atoms with Crippen molar-refractivity contribution in [3.63, 3.8) is 0 Å². The molecule has 1 atom stereocenters. The van der Waals surface area contributed by atoms with Crippen molar-refractivity contribution in [2.24, 2.45) is 0 Å². The lowest BCUT2D eigenvalue weighted by atomic mass is 10.2. The maximum absolute atomic E-state index is 12.2. The van der Waals surface area contributed by atoms with Crippen LogP contribution in [-0.4, -0.2) is 33.9 Å². The summed E-state index contributed by atoms with van der Waals surface area (Å²) in [5, 5.41) is 3.35. The van der Waals surface area contributed by atoms with Crippen LogP contribution >= 0.6 is 46.4 Å². The van der Waals surface area contributed by atoms with E-state index in [1.807, 2.05) is 4.90 Å².